The first kappa shape index (κ1) is 12.7. The number of aromatic amines is 1. The number of H-pyrrole nitrogens is 1. The van der Waals surface area contributed by atoms with Crippen LogP contribution in [0.25, 0.3) is 0 Å². The van der Waals surface area contributed by atoms with Gasteiger partial charge in [-0.25, -0.2) is 4.98 Å². The predicted octanol–water partition coefficient (Wildman–Crippen LogP) is 0.678. The molecule has 5 heteroatoms. The fraction of sp³-hybridized carbons (Fsp3) is 0.636. The fourth-order valence-electron chi connectivity index (χ4n) is 1.49. The van der Waals surface area contributed by atoms with Gasteiger partial charge in [-0.15, -0.1) is 0 Å². The number of anilines is 1. The normalized spacial score (nSPS) is 10.8. The van der Waals surface area contributed by atoms with E-state index in [0.29, 0.717) is 18.9 Å². The van der Waals surface area contributed by atoms with Gasteiger partial charge in [-0.3, -0.25) is 4.79 Å². The molecule has 5 nitrogen and oxygen atoms in total. The highest BCUT2D eigenvalue weighted by atomic mass is 16.1. The van der Waals surface area contributed by atoms with E-state index in [2.05, 4.69) is 9.97 Å². The van der Waals surface area contributed by atoms with E-state index in [0.717, 1.165) is 12.4 Å². The van der Waals surface area contributed by atoms with Gasteiger partial charge in [0.15, 0.2) is 0 Å². The Morgan fingerprint density at radius 2 is 2.25 bits per heavy atom. The van der Waals surface area contributed by atoms with Crippen molar-refractivity contribution in [3.8, 4) is 0 Å². The van der Waals surface area contributed by atoms with Crippen LogP contribution in [0.1, 0.15) is 32.5 Å². The van der Waals surface area contributed by atoms with Crippen molar-refractivity contribution in [2.75, 3.05) is 24.5 Å². The molecule has 0 aliphatic rings. The lowest BCUT2D eigenvalue weighted by molar-refractivity contribution is 0.740. The summed E-state index contributed by atoms with van der Waals surface area (Å²) in [5, 5.41) is 0. The highest BCUT2D eigenvalue weighted by molar-refractivity contribution is 5.37. The summed E-state index contributed by atoms with van der Waals surface area (Å²) in [5.41, 5.74) is 5.42. The van der Waals surface area contributed by atoms with Crippen LogP contribution >= 0.6 is 0 Å². The molecule has 0 aliphatic carbocycles. The van der Waals surface area contributed by atoms with Crippen LogP contribution in [0.4, 0.5) is 5.82 Å². The number of nitrogens with zero attached hydrogens (tertiary/aromatic N) is 2. The molecular formula is C11H20N4O. The molecule has 1 rings (SSSR count). The third kappa shape index (κ3) is 3.06. The minimum absolute atomic E-state index is 0.107. The average molecular weight is 224 g/mol. The summed E-state index contributed by atoms with van der Waals surface area (Å²) < 4.78 is 0. The third-order valence-corrected chi connectivity index (χ3v) is 2.40. The van der Waals surface area contributed by atoms with Gasteiger partial charge >= 0.3 is 0 Å². The van der Waals surface area contributed by atoms with Gasteiger partial charge in [0.05, 0.1) is 0 Å². The van der Waals surface area contributed by atoms with Gasteiger partial charge < -0.3 is 15.6 Å². The van der Waals surface area contributed by atoms with Gasteiger partial charge in [0.25, 0.3) is 5.56 Å². The molecule has 0 saturated carbocycles. The van der Waals surface area contributed by atoms with Crippen LogP contribution in [0.3, 0.4) is 0 Å². The smallest absolute Gasteiger partial charge is 0.252 e. The van der Waals surface area contributed by atoms with Gasteiger partial charge in [0, 0.05) is 31.6 Å². The van der Waals surface area contributed by atoms with Crippen molar-refractivity contribution in [1.29, 1.82) is 0 Å². The average Bonchev–Trinajstić information content (AvgIpc) is 2.24. The molecule has 1 heterocycles. The molecule has 0 saturated heterocycles. The summed E-state index contributed by atoms with van der Waals surface area (Å²) in [6.07, 6.45) is 0. The Bertz CT molecular complexity index is 386. The van der Waals surface area contributed by atoms with Crippen LogP contribution in [0.15, 0.2) is 10.9 Å². The number of likely N-dealkylation sites (N-methyl/N-ethyl adjacent to an activating group) is 1. The zero-order chi connectivity index (χ0) is 12.1. The summed E-state index contributed by atoms with van der Waals surface area (Å²) >= 11 is 0. The van der Waals surface area contributed by atoms with Crippen LogP contribution in [0.2, 0.25) is 0 Å². The number of aromatic nitrogens is 2. The molecule has 90 valence electrons. The van der Waals surface area contributed by atoms with Crippen molar-refractivity contribution in [1.82, 2.24) is 9.97 Å². The largest absolute Gasteiger partial charge is 0.355 e. The van der Waals surface area contributed by atoms with E-state index in [1.165, 1.54) is 6.07 Å². The Hall–Kier alpha value is -1.36. The fourth-order valence-corrected chi connectivity index (χ4v) is 1.49. The second kappa shape index (κ2) is 5.65. The Kier molecular flexibility index (Phi) is 4.49. The van der Waals surface area contributed by atoms with E-state index in [1.807, 2.05) is 25.7 Å². The first-order chi connectivity index (χ1) is 7.58. The quantitative estimate of drug-likeness (QED) is 0.771. The van der Waals surface area contributed by atoms with Crippen molar-refractivity contribution in [2.24, 2.45) is 5.73 Å². The lowest BCUT2D eigenvalue weighted by atomic mass is 10.2. The second-order valence-corrected chi connectivity index (χ2v) is 4.01. The lowest BCUT2D eigenvalue weighted by Gasteiger charge is -2.21. The molecule has 0 fully saturated rings. The van der Waals surface area contributed by atoms with Crippen LogP contribution < -0.4 is 16.2 Å². The lowest BCUT2D eigenvalue weighted by Crippen LogP contribution is -2.31. The predicted molar refractivity (Wildman–Crippen MR) is 65.9 cm³/mol. The maximum Gasteiger partial charge on any atom is 0.252 e. The molecule has 0 aliphatic heterocycles. The van der Waals surface area contributed by atoms with Crippen LogP contribution in [-0.4, -0.2) is 29.6 Å². The number of rotatable bonds is 5. The topological polar surface area (TPSA) is 75.0 Å². The summed E-state index contributed by atoms with van der Waals surface area (Å²) in [4.78, 5) is 20.7. The van der Waals surface area contributed by atoms with E-state index < -0.39 is 0 Å². The molecular weight excluding hydrogens is 204 g/mol. The molecule has 16 heavy (non-hydrogen) atoms. The van der Waals surface area contributed by atoms with E-state index >= 15 is 0 Å². The molecule has 3 N–H and O–H groups in total. The minimum atomic E-state index is -0.107. The SMILES string of the molecule is CCN(CCN)c1cc(=O)[nH]c(C(C)C)n1. The Morgan fingerprint density at radius 3 is 2.75 bits per heavy atom. The molecule has 0 unspecified atom stereocenters. The minimum Gasteiger partial charge on any atom is -0.355 e. The van der Waals surface area contributed by atoms with Crippen molar-refractivity contribution in [3.63, 3.8) is 0 Å². The molecule has 0 bridgehead atoms. The Labute approximate surface area is 95.7 Å². The van der Waals surface area contributed by atoms with Crippen molar-refractivity contribution < 1.29 is 0 Å². The summed E-state index contributed by atoms with van der Waals surface area (Å²) in [6, 6.07) is 1.52. The van der Waals surface area contributed by atoms with Crippen LogP contribution in [0.5, 0.6) is 0 Å². The van der Waals surface area contributed by atoms with Gasteiger partial charge in [0.2, 0.25) is 0 Å². The molecule has 0 spiro atoms. The zero-order valence-electron chi connectivity index (χ0n) is 10.2. The number of nitrogens with two attached hydrogens (primary N) is 1. The molecule has 1 aromatic rings. The van der Waals surface area contributed by atoms with Gasteiger partial charge in [0.1, 0.15) is 11.6 Å². The monoisotopic (exact) mass is 224 g/mol. The first-order valence-corrected chi connectivity index (χ1v) is 5.64. The third-order valence-electron chi connectivity index (χ3n) is 2.40. The highest BCUT2D eigenvalue weighted by Crippen LogP contribution is 2.12. The zero-order valence-corrected chi connectivity index (χ0v) is 10.2. The maximum atomic E-state index is 11.5. The van der Waals surface area contributed by atoms with Gasteiger partial charge in [-0.1, -0.05) is 13.8 Å². The second-order valence-electron chi connectivity index (χ2n) is 4.01. The number of hydrogen-bond donors (Lipinski definition) is 2. The van der Waals surface area contributed by atoms with Crippen LogP contribution in [0, 0.1) is 0 Å². The van der Waals surface area contributed by atoms with E-state index in [1.54, 1.807) is 0 Å². The van der Waals surface area contributed by atoms with Gasteiger partial charge in [-0.05, 0) is 6.92 Å². The molecule has 1 aromatic heterocycles. The van der Waals surface area contributed by atoms with Crippen molar-refractivity contribution in [3.05, 3.63) is 22.2 Å². The van der Waals surface area contributed by atoms with E-state index in [4.69, 9.17) is 5.73 Å². The van der Waals surface area contributed by atoms with Crippen molar-refractivity contribution in [2.45, 2.75) is 26.7 Å². The summed E-state index contributed by atoms with van der Waals surface area (Å²) in [5.74, 6) is 1.64. The molecule has 0 radical (unpaired) electrons. The molecule has 0 atom stereocenters. The Morgan fingerprint density at radius 1 is 1.56 bits per heavy atom. The standard InChI is InChI=1S/C11H20N4O/c1-4-15(6-5-12)9-7-10(16)14-11(13-9)8(2)3/h7-8H,4-6,12H2,1-3H3,(H,13,14,16). The molecule has 0 amide bonds. The summed E-state index contributed by atoms with van der Waals surface area (Å²) in [7, 11) is 0. The highest BCUT2D eigenvalue weighted by Gasteiger charge is 2.09. The van der Waals surface area contributed by atoms with E-state index in [9.17, 15) is 4.79 Å². The Balaban J connectivity index is 3.07. The van der Waals surface area contributed by atoms with E-state index in [-0.39, 0.29) is 11.5 Å². The summed E-state index contributed by atoms with van der Waals surface area (Å²) in [6.45, 7) is 8.09. The van der Waals surface area contributed by atoms with Crippen LogP contribution in [-0.2, 0) is 0 Å². The maximum absolute atomic E-state index is 11.5. The van der Waals surface area contributed by atoms with Gasteiger partial charge in [-0.2, -0.15) is 0 Å². The number of nitrogens with one attached hydrogen (secondary N) is 1. The first-order valence-electron chi connectivity index (χ1n) is 5.64. The molecule has 0 aromatic carbocycles. The number of hydrogen-bond acceptors (Lipinski definition) is 4. The van der Waals surface area contributed by atoms with Crippen molar-refractivity contribution >= 4 is 5.82 Å².